The Morgan fingerprint density at radius 3 is 2.64 bits per heavy atom. The van der Waals surface area contributed by atoms with Gasteiger partial charge in [-0.05, 0) is 26.0 Å². The van der Waals surface area contributed by atoms with Gasteiger partial charge in [0, 0.05) is 24.9 Å². The van der Waals surface area contributed by atoms with Crippen LogP contribution >= 0.6 is 0 Å². The number of aromatic nitrogens is 2. The highest BCUT2D eigenvalue weighted by Crippen LogP contribution is 2.25. The lowest BCUT2D eigenvalue weighted by Crippen LogP contribution is -2.12. The van der Waals surface area contributed by atoms with Gasteiger partial charge >= 0.3 is 5.97 Å². The maximum Gasteiger partial charge on any atom is 0.338 e. The van der Waals surface area contributed by atoms with Gasteiger partial charge < -0.3 is 14.2 Å². The summed E-state index contributed by atoms with van der Waals surface area (Å²) in [4.78, 5) is 12.1. The van der Waals surface area contributed by atoms with Crippen molar-refractivity contribution in [3.05, 3.63) is 41.6 Å². The highest BCUT2D eigenvalue weighted by Gasteiger charge is 2.17. The molecule has 0 fully saturated rings. The summed E-state index contributed by atoms with van der Waals surface area (Å²) < 4.78 is 18.0. The number of benzene rings is 1. The van der Waals surface area contributed by atoms with E-state index in [9.17, 15) is 4.79 Å². The molecule has 0 amide bonds. The molecular formula is C16H20N2O4. The molecule has 0 N–H and O–H groups in total. The number of hydrogen-bond acceptors (Lipinski definition) is 5. The van der Waals surface area contributed by atoms with Gasteiger partial charge in [-0.2, -0.15) is 0 Å². The Balaban J connectivity index is 2.26. The average molecular weight is 304 g/mol. The van der Waals surface area contributed by atoms with Crippen LogP contribution in [0.2, 0.25) is 0 Å². The Bertz CT molecular complexity index is 637. The molecular weight excluding hydrogens is 284 g/mol. The van der Waals surface area contributed by atoms with Crippen molar-refractivity contribution in [2.24, 2.45) is 7.05 Å². The van der Waals surface area contributed by atoms with E-state index in [0.29, 0.717) is 36.0 Å². The molecule has 0 aliphatic carbocycles. The fraction of sp³-hybridized carbons (Fsp3) is 0.375. The fourth-order valence-corrected chi connectivity index (χ4v) is 2.02. The highest BCUT2D eigenvalue weighted by molar-refractivity contribution is 5.91. The molecule has 1 heterocycles. The third-order valence-corrected chi connectivity index (χ3v) is 2.98. The first kappa shape index (κ1) is 15.9. The van der Waals surface area contributed by atoms with Crippen LogP contribution in [0.5, 0.6) is 11.6 Å². The number of hydrogen-bond donors (Lipinski definition) is 0. The quantitative estimate of drug-likeness (QED) is 0.736. The normalized spacial score (nSPS) is 10.3. The molecule has 2 aromatic rings. The maximum absolute atomic E-state index is 12.1. The molecule has 6 nitrogen and oxygen atoms in total. The van der Waals surface area contributed by atoms with E-state index in [2.05, 4.69) is 5.10 Å². The molecule has 0 atom stereocenters. The molecule has 0 aliphatic heterocycles. The molecule has 0 radical (unpaired) electrons. The molecule has 0 spiro atoms. The summed E-state index contributed by atoms with van der Waals surface area (Å²) in [6, 6.07) is 7.04. The van der Waals surface area contributed by atoms with Crippen molar-refractivity contribution < 1.29 is 19.0 Å². The minimum absolute atomic E-state index is 0.182. The van der Waals surface area contributed by atoms with Crippen molar-refractivity contribution in [3.8, 4) is 11.6 Å². The van der Waals surface area contributed by atoms with Gasteiger partial charge in [0.25, 0.3) is 0 Å². The number of rotatable bonds is 7. The first-order valence-corrected chi connectivity index (χ1v) is 7.20. The van der Waals surface area contributed by atoms with Crippen LogP contribution in [0.4, 0.5) is 0 Å². The van der Waals surface area contributed by atoms with Crippen LogP contribution in [0, 0.1) is 0 Å². The fourth-order valence-electron chi connectivity index (χ4n) is 2.02. The van der Waals surface area contributed by atoms with Gasteiger partial charge in [0.1, 0.15) is 12.4 Å². The Morgan fingerprint density at radius 2 is 2.00 bits per heavy atom. The number of nitrogens with zero attached hydrogens (tertiary/aromatic N) is 2. The van der Waals surface area contributed by atoms with E-state index in [0.717, 1.165) is 0 Å². The van der Waals surface area contributed by atoms with Crippen LogP contribution in [0.3, 0.4) is 0 Å². The smallest absolute Gasteiger partial charge is 0.338 e. The summed E-state index contributed by atoms with van der Waals surface area (Å²) in [5.74, 6) is 0.719. The molecule has 0 aliphatic rings. The largest absolute Gasteiger partial charge is 0.493 e. The second kappa shape index (κ2) is 7.49. The maximum atomic E-state index is 12.1. The number of carbonyl (C=O) groups is 1. The molecule has 1 aromatic heterocycles. The zero-order chi connectivity index (χ0) is 15.9. The van der Waals surface area contributed by atoms with Crippen molar-refractivity contribution in [1.82, 2.24) is 9.78 Å². The molecule has 1 aromatic carbocycles. The zero-order valence-electron chi connectivity index (χ0n) is 13.0. The zero-order valence-corrected chi connectivity index (χ0v) is 13.0. The van der Waals surface area contributed by atoms with Gasteiger partial charge in [0.15, 0.2) is 0 Å². The van der Waals surface area contributed by atoms with Gasteiger partial charge in [-0.1, -0.05) is 6.07 Å². The standard InChI is InChI=1S/C16H20N2O4/c1-4-20-14-8-6-7-12(16(19)21-5-2)13(14)11-22-15-9-10-18(3)17-15/h6-10H,4-5,11H2,1-3H3. The van der Waals surface area contributed by atoms with Crippen LogP contribution in [-0.4, -0.2) is 29.0 Å². The van der Waals surface area contributed by atoms with Gasteiger partial charge in [0.2, 0.25) is 5.88 Å². The van der Waals surface area contributed by atoms with Crippen molar-refractivity contribution in [3.63, 3.8) is 0 Å². The summed E-state index contributed by atoms with van der Waals surface area (Å²) in [6.07, 6.45) is 1.79. The molecule has 2 rings (SSSR count). The monoisotopic (exact) mass is 304 g/mol. The first-order valence-electron chi connectivity index (χ1n) is 7.20. The molecule has 22 heavy (non-hydrogen) atoms. The lowest BCUT2D eigenvalue weighted by molar-refractivity contribution is 0.0522. The molecule has 0 saturated carbocycles. The molecule has 0 unspecified atom stereocenters. The van der Waals surface area contributed by atoms with E-state index in [4.69, 9.17) is 14.2 Å². The van der Waals surface area contributed by atoms with Crippen LogP contribution in [0.1, 0.15) is 29.8 Å². The van der Waals surface area contributed by atoms with Crippen LogP contribution in [0.15, 0.2) is 30.5 Å². The molecule has 0 saturated heterocycles. The Kier molecular flexibility index (Phi) is 5.41. The number of esters is 1. The van der Waals surface area contributed by atoms with Crippen LogP contribution in [-0.2, 0) is 18.4 Å². The van der Waals surface area contributed by atoms with Crippen molar-refractivity contribution in [2.75, 3.05) is 13.2 Å². The van der Waals surface area contributed by atoms with Gasteiger partial charge in [-0.15, -0.1) is 5.10 Å². The van der Waals surface area contributed by atoms with Gasteiger partial charge in [0.05, 0.1) is 18.8 Å². The van der Waals surface area contributed by atoms with Crippen LogP contribution < -0.4 is 9.47 Å². The minimum Gasteiger partial charge on any atom is -0.493 e. The van der Waals surface area contributed by atoms with E-state index in [-0.39, 0.29) is 12.6 Å². The topological polar surface area (TPSA) is 62.6 Å². The summed E-state index contributed by atoms with van der Waals surface area (Å²) >= 11 is 0. The predicted molar refractivity (Wildman–Crippen MR) is 81.1 cm³/mol. The van der Waals surface area contributed by atoms with E-state index in [1.54, 1.807) is 36.0 Å². The third kappa shape index (κ3) is 3.78. The predicted octanol–water partition coefficient (Wildman–Crippen LogP) is 2.57. The SMILES string of the molecule is CCOC(=O)c1cccc(OCC)c1COc1ccn(C)n1. The second-order valence-corrected chi connectivity index (χ2v) is 4.55. The van der Waals surface area contributed by atoms with E-state index in [1.165, 1.54) is 0 Å². The molecule has 6 heteroatoms. The summed E-state index contributed by atoms with van der Waals surface area (Å²) in [5, 5.41) is 4.15. The summed E-state index contributed by atoms with van der Waals surface area (Å²) in [6.45, 7) is 4.66. The number of ether oxygens (including phenoxy) is 3. The average Bonchev–Trinajstić information content (AvgIpc) is 2.92. The lowest BCUT2D eigenvalue weighted by atomic mass is 10.1. The van der Waals surface area contributed by atoms with Crippen LogP contribution in [0.25, 0.3) is 0 Å². The Hall–Kier alpha value is -2.50. The van der Waals surface area contributed by atoms with Gasteiger partial charge in [-0.3, -0.25) is 4.68 Å². The van der Waals surface area contributed by atoms with E-state index >= 15 is 0 Å². The third-order valence-electron chi connectivity index (χ3n) is 2.98. The Labute approximate surface area is 129 Å². The molecule has 0 bridgehead atoms. The molecule has 118 valence electrons. The Morgan fingerprint density at radius 1 is 1.18 bits per heavy atom. The van der Waals surface area contributed by atoms with Crippen molar-refractivity contribution in [1.29, 1.82) is 0 Å². The first-order chi connectivity index (χ1) is 10.7. The summed E-state index contributed by atoms with van der Waals surface area (Å²) in [5.41, 5.74) is 1.11. The number of aryl methyl sites for hydroxylation is 1. The van der Waals surface area contributed by atoms with E-state index in [1.807, 2.05) is 20.0 Å². The summed E-state index contributed by atoms with van der Waals surface area (Å²) in [7, 11) is 1.81. The minimum atomic E-state index is -0.385. The van der Waals surface area contributed by atoms with Gasteiger partial charge in [-0.25, -0.2) is 4.79 Å². The lowest BCUT2D eigenvalue weighted by Gasteiger charge is -2.14. The highest BCUT2D eigenvalue weighted by atomic mass is 16.5. The number of carbonyl (C=O) groups excluding carboxylic acids is 1. The second-order valence-electron chi connectivity index (χ2n) is 4.55. The van der Waals surface area contributed by atoms with Crippen molar-refractivity contribution >= 4 is 5.97 Å². The van der Waals surface area contributed by atoms with E-state index < -0.39 is 0 Å². The van der Waals surface area contributed by atoms with Crippen molar-refractivity contribution in [2.45, 2.75) is 20.5 Å².